The topological polar surface area (TPSA) is 47.8 Å². The van der Waals surface area contributed by atoms with E-state index in [4.69, 9.17) is 0 Å². The molecule has 1 aliphatic carbocycles. The van der Waals surface area contributed by atoms with Crippen LogP contribution in [0.2, 0.25) is 0 Å². The predicted octanol–water partition coefficient (Wildman–Crippen LogP) is 3.32. The van der Waals surface area contributed by atoms with Crippen molar-refractivity contribution in [1.82, 2.24) is 14.5 Å². The van der Waals surface area contributed by atoms with E-state index in [1.165, 1.54) is 27.8 Å². The van der Waals surface area contributed by atoms with Crippen LogP contribution in [0.15, 0.2) is 54.5 Å². The standard InChI is InChI=1S/C15H13N3OS/c1-11-3-2-4-12(6-5-11)13-9-20-14(17-13)15(19)18-8-7-16-10-18/h2,4,6-10H,1,3,5H2. The van der Waals surface area contributed by atoms with Gasteiger partial charge in [-0.15, -0.1) is 11.3 Å². The molecule has 20 heavy (non-hydrogen) atoms. The molecular formula is C15H13N3OS. The fourth-order valence-electron chi connectivity index (χ4n) is 1.94. The van der Waals surface area contributed by atoms with Crippen LogP contribution in [-0.4, -0.2) is 20.4 Å². The monoisotopic (exact) mass is 283 g/mol. The van der Waals surface area contributed by atoms with Crippen LogP contribution in [0.25, 0.3) is 5.57 Å². The second-order valence-corrected chi connectivity index (χ2v) is 5.39. The first-order valence-electron chi connectivity index (χ1n) is 6.26. The zero-order chi connectivity index (χ0) is 13.9. The second-order valence-electron chi connectivity index (χ2n) is 4.53. The van der Waals surface area contributed by atoms with Crippen molar-refractivity contribution in [3.63, 3.8) is 0 Å². The number of aromatic nitrogens is 3. The van der Waals surface area contributed by atoms with Gasteiger partial charge >= 0.3 is 0 Å². The van der Waals surface area contributed by atoms with E-state index >= 15 is 0 Å². The SMILES string of the molecule is C=C1CC=CC(c2csc(C(=O)n3ccnc3)n2)=CC1. The van der Waals surface area contributed by atoms with Crippen LogP contribution in [0.1, 0.15) is 28.3 Å². The fourth-order valence-corrected chi connectivity index (χ4v) is 2.71. The molecule has 0 atom stereocenters. The molecule has 2 aromatic heterocycles. The zero-order valence-corrected chi connectivity index (χ0v) is 11.6. The summed E-state index contributed by atoms with van der Waals surface area (Å²) in [4.78, 5) is 20.4. The van der Waals surface area contributed by atoms with Crippen molar-refractivity contribution in [2.45, 2.75) is 12.8 Å². The summed E-state index contributed by atoms with van der Waals surface area (Å²) >= 11 is 1.35. The Balaban J connectivity index is 1.87. The van der Waals surface area contributed by atoms with E-state index in [2.05, 4.69) is 28.7 Å². The molecule has 2 aromatic rings. The van der Waals surface area contributed by atoms with E-state index in [0.717, 1.165) is 24.1 Å². The van der Waals surface area contributed by atoms with E-state index < -0.39 is 0 Å². The van der Waals surface area contributed by atoms with E-state index in [1.54, 1.807) is 12.4 Å². The molecular weight excluding hydrogens is 270 g/mol. The van der Waals surface area contributed by atoms with Gasteiger partial charge in [-0.2, -0.15) is 0 Å². The van der Waals surface area contributed by atoms with Crippen molar-refractivity contribution in [3.8, 4) is 0 Å². The number of allylic oxidation sites excluding steroid dienone is 5. The fraction of sp³-hybridized carbons (Fsp3) is 0.133. The molecule has 0 spiro atoms. The number of carbonyl (C=O) groups is 1. The third kappa shape index (κ3) is 2.53. The predicted molar refractivity (Wildman–Crippen MR) is 79.6 cm³/mol. The molecule has 2 heterocycles. The van der Waals surface area contributed by atoms with Crippen molar-refractivity contribution in [2.75, 3.05) is 0 Å². The van der Waals surface area contributed by atoms with E-state index in [1.807, 2.05) is 11.5 Å². The highest BCUT2D eigenvalue weighted by atomic mass is 32.1. The first-order chi connectivity index (χ1) is 9.74. The molecule has 0 fully saturated rings. The third-order valence-corrected chi connectivity index (χ3v) is 3.87. The quantitative estimate of drug-likeness (QED) is 0.794. The molecule has 5 heteroatoms. The van der Waals surface area contributed by atoms with Crippen LogP contribution in [0, 0.1) is 0 Å². The number of rotatable bonds is 2. The molecule has 0 radical (unpaired) electrons. The van der Waals surface area contributed by atoms with Gasteiger partial charge in [-0.3, -0.25) is 9.36 Å². The Kier molecular flexibility index (Phi) is 3.43. The molecule has 4 nitrogen and oxygen atoms in total. The Labute approximate surface area is 120 Å². The summed E-state index contributed by atoms with van der Waals surface area (Å²) in [6, 6.07) is 0. The molecule has 0 bridgehead atoms. The number of nitrogens with zero attached hydrogens (tertiary/aromatic N) is 3. The lowest BCUT2D eigenvalue weighted by Gasteiger charge is -1.97. The molecule has 0 aliphatic heterocycles. The average Bonchev–Trinajstić information content (AvgIpc) is 3.09. The molecule has 0 aromatic carbocycles. The highest BCUT2D eigenvalue weighted by Gasteiger charge is 2.14. The van der Waals surface area contributed by atoms with Crippen molar-refractivity contribution in [3.05, 3.63) is 65.2 Å². The van der Waals surface area contributed by atoms with Crippen LogP contribution in [-0.2, 0) is 0 Å². The smallest absolute Gasteiger partial charge is 0.270 e. The van der Waals surface area contributed by atoms with Crippen LogP contribution < -0.4 is 0 Å². The number of hydrogen-bond donors (Lipinski definition) is 0. The summed E-state index contributed by atoms with van der Waals surface area (Å²) in [5.41, 5.74) is 3.06. The highest BCUT2D eigenvalue weighted by Crippen LogP contribution is 2.24. The lowest BCUT2D eigenvalue weighted by atomic mass is 10.1. The normalized spacial score (nSPS) is 15.0. The average molecular weight is 283 g/mol. The zero-order valence-electron chi connectivity index (χ0n) is 10.8. The summed E-state index contributed by atoms with van der Waals surface area (Å²) < 4.78 is 1.43. The minimum atomic E-state index is -0.152. The summed E-state index contributed by atoms with van der Waals surface area (Å²) in [6.07, 6.45) is 12.7. The van der Waals surface area contributed by atoms with Crippen LogP contribution in [0.4, 0.5) is 0 Å². The molecule has 1 aliphatic rings. The first kappa shape index (κ1) is 12.7. The maximum Gasteiger partial charge on any atom is 0.292 e. The van der Waals surface area contributed by atoms with E-state index in [-0.39, 0.29) is 5.91 Å². The van der Waals surface area contributed by atoms with Gasteiger partial charge in [0, 0.05) is 17.8 Å². The summed E-state index contributed by atoms with van der Waals surface area (Å²) in [5.74, 6) is -0.152. The van der Waals surface area contributed by atoms with E-state index in [0.29, 0.717) is 5.01 Å². The Morgan fingerprint density at radius 2 is 2.30 bits per heavy atom. The van der Waals surface area contributed by atoms with Crippen molar-refractivity contribution in [2.24, 2.45) is 0 Å². The maximum atomic E-state index is 12.1. The van der Waals surface area contributed by atoms with Gasteiger partial charge < -0.3 is 0 Å². The number of hydrogen-bond acceptors (Lipinski definition) is 4. The molecule has 0 saturated heterocycles. The molecule has 0 amide bonds. The highest BCUT2D eigenvalue weighted by molar-refractivity contribution is 7.11. The number of thiazole rings is 1. The second kappa shape index (κ2) is 5.38. The minimum absolute atomic E-state index is 0.152. The summed E-state index contributed by atoms with van der Waals surface area (Å²) in [5, 5.41) is 2.38. The van der Waals surface area contributed by atoms with Crippen molar-refractivity contribution < 1.29 is 4.79 Å². The van der Waals surface area contributed by atoms with Crippen molar-refractivity contribution >= 4 is 22.8 Å². The molecule has 0 saturated carbocycles. The molecule has 3 rings (SSSR count). The first-order valence-corrected chi connectivity index (χ1v) is 7.14. The van der Waals surface area contributed by atoms with Gasteiger partial charge in [-0.25, -0.2) is 9.97 Å². The minimum Gasteiger partial charge on any atom is -0.270 e. The lowest BCUT2D eigenvalue weighted by molar-refractivity contribution is 0.0959. The van der Waals surface area contributed by atoms with Crippen LogP contribution in [0.5, 0.6) is 0 Å². The molecule has 100 valence electrons. The Morgan fingerprint density at radius 3 is 3.10 bits per heavy atom. The van der Waals surface area contributed by atoms with Gasteiger partial charge in [0.25, 0.3) is 5.91 Å². The lowest BCUT2D eigenvalue weighted by Crippen LogP contribution is -2.09. The Bertz CT molecular complexity index is 707. The van der Waals surface area contributed by atoms with Gasteiger partial charge in [-0.05, 0) is 18.4 Å². The Morgan fingerprint density at radius 1 is 1.40 bits per heavy atom. The van der Waals surface area contributed by atoms with Crippen molar-refractivity contribution in [1.29, 1.82) is 0 Å². The summed E-state index contributed by atoms with van der Waals surface area (Å²) in [6.45, 7) is 3.99. The number of carbonyl (C=O) groups excluding carboxylic acids is 1. The third-order valence-electron chi connectivity index (χ3n) is 3.04. The molecule has 0 unspecified atom stereocenters. The summed E-state index contributed by atoms with van der Waals surface area (Å²) in [7, 11) is 0. The van der Waals surface area contributed by atoms with E-state index in [9.17, 15) is 4.79 Å². The van der Waals surface area contributed by atoms with Gasteiger partial charge in [0.1, 0.15) is 6.33 Å². The van der Waals surface area contributed by atoms with Gasteiger partial charge in [0.15, 0.2) is 5.01 Å². The molecule has 0 N–H and O–H groups in total. The maximum absolute atomic E-state index is 12.1. The van der Waals surface area contributed by atoms with Gasteiger partial charge in [0.2, 0.25) is 0 Å². The Hall–Kier alpha value is -2.27. The largest absolute Gasteiger partial charge is 0.292 e. The van der Waals surface area contributed by atoms with Gasteiger partial charge in [-0.1, -0.05) is 30.4 Å². The number of imidazole rings is 1. The van der Waals surface area contributed by atoms with Crippen LogP contribution in [0.3, 0.4) is 0 Å². The van der Waals surface area contributed by atoms with Gasteiger partial charge in [0.05, 0.1) is 5.69 Å². The van der Waals surface area contributed by atoms with Crippen LogP contribution >= 0.6 is 11.3 Å².